The lowest BCUT2D eigenvalue weighted by Gasteiger charge is -2.15. The van der Waals surface area contributed by atoms with Crippen LogP contribution in [0, 0.1) is 5.92 Å². The normalized spacial score (nSPS) is 23.3. The van der Waals surface area contributed by atoms with Crippen molar-refractivity contribution in [3.05, 3.63) is 24.4 Å². The van der Waals surface area contributed by atoms with Crippen molar-refractivity contribution in [2.45, 2.75) is 25.3 Å². The van der Waals surface area contributed by atoms with Crippen molar-refractivity contribution in [1.82, 2.24) is 15.2 Å². The molecule has 1 aliphatic carbocycles. The zero-order valence-corrected chi connectivity index (χ0v) is 11.0. The number of urea groups is 1. The van der Waals surface area contributed by atoms with Crippen LogP contribution in [0.2, 0.25) is 0 Å². The average Bonchev–Trinajstić information content (AvgIpc) is 3.17. The molecule has 2 aliphatic rings. The Bertz CT molecular complexity index is 432. The van der Waals surface area contributed by atoms with E-state index in [4.69, 9.17) is 0 Å². The number of amides is 2. The van der Waals surface area contributed by atoms with E-state index in [0.717, 1.165) is 19.1 Å². The predicted octanol–water partition coefficient (Wildman–Crippen LogP) is 1.69. The highest BCUT2D eigenvalue weighted by atomic mass is 16.2. The van der Waals surface area contributed by atoms with Crippen molar-refractivity contribution in [3.8, 4) is 0 Å². The third kappa shape index (κ3) is 3.44. The summed E-state index contributed by atoms with van der Waals surface area (Å²) in [6, 6.07) is 6.14. The van der Waals surface area contributed by atoms with Crippen LogP contribution in [0.4, 0.5) is 10.6 Å². The molecule has 1 aliphatic heterocycles. The minimum Gasteiger partial charge on any atom is -0.338 e. The van der Waals surface area contributed by atoms with Crippen LogP contribution in [0.3, 0.4) is 0 Å². The number of aromatic nitrogens is 1. The van der Waals surface area contributed by atoms with Gasteiger partial charge < -0.3 is 10.2 Å². The van der Waals surface area contributed by atoms with Crippen molar-refractivity contribution in [3.63, 3.8) is 0 Å². The molecule has 2 fully saturated rings. The first-order chi connectivity index (χ1) is 9.31. The number of anilines is 1. The molecule has 102 valence electrons. The highest BCUT2D eigenvalue weighted by molar-refractivity contribution is 5.88. The molecule has 1 saturated heterocycles. The number of rotatable bonds is 4. The Labute approximate surface area is 113 Å². The quantitative estimate of drug-likeness (QED) is 0.866. The third-order valence-electron chi connectivity index (χ3n) is 3.84. The van der Waals surface area contributed by atoms with Crippen LogP contribution in [0.1, 0.15) is 19.3 Å². The third-order valence-corrected chi connectivity index (χ3v) is 3.84. The zero-order valence-electron chi connectivity index (χ0n) is 11.0. The molecule has 2 amide bonds. The Morgan fingerprint density at radius 1 is 1.37 bits per heavy atom. The summed E-state index contributed by atoms with van der Waals surface area (Å²) in [5.74, 6) is 1.18. The first kappa shape index (κ1) is 12.4. The van der Waals surface area contributed by atoms with Gasteiger partial charge in [-0.3, -0.25) is 5.32 Å². The van der Waals surface area contributed by atoms with Gasteiger partial charge in [0.15, 0.2) is 0 Å². The summed E-state index contributed by atoms with van der Waals surface area (Å²) in [5.41, 5.74) is 0. The lowest BCUT2D eigenvalue weighted by atomic mass is 10.1. The largest absolute Gasteiger partial charge is 0.338 e. The van der Waals surface area contributed by atoms with E-state index in [-0.39, 0.29) is 6.03 Å². The number of hydrogen-bond acceptors (Lipinski definition) is 3. The Morgan fingerprint density at radius 3 is 3.00 bits per heavy atom. The van der Waals surface area contributed by atoms with Crippen LogP contribution in [0.25, 0.3) is 0 Å². The van der Waals surface area contributed by atoms with E-state index in [1.807, 2.05) is 12.1 Å². The van der Waals surface area contributed by atoms with E-state index in [1.165, 1.54) is 25.8 Å². The predicted molar refractivity (Wildman–Crippen MR) is 74.0 cm³/mol. The molecular formula is C14H20N4O. The number of pyridine rings is 1. The minimum atomic E-state index is -0.163. The molecule has 5 nitrogen and oxygen atoms in total. The average molecular weight is 260 g/mol. The Balaban J connectivity index is 1.39. The molecule has 0 bridgehead atoms. The molecule has 3 rings (SSSR count). The second-order valence-electron chi connectivity index (χ2n) is 5.43. The molecule has 0 aromatic carbocycles. The maximum Gasteiger partial charge on any atom is 0.320 e. The molecule has 0 spiro atoms. The van der Waals surface area contributed by atoms with Gasteiger partial charge in [-0.05, 0) is 43.9 Å². The van der Waals surface area contributed by atoms with Crippen molar-refractivity contribution < 1.29 is 4.79 Å². The van der Waals surface area contributed by atoms with Crippen molar-refractivity contribution in [2.24, 2.45) is 5.92 Å². The van der Waals surface area contributed by atoms with Crippen molar-refractivity contribution >= 4 is 11.8 Å². The summed E-state index contributed by atoms with van der Waals surface area (Å²) in [4.78, 5) is 18.3. The second-order valence-corrected chi connectivity index (χ2v) is 5.43. The van der Waals surface area contributed by atoms with Crippen LogP contribution in [0.15, 0.2) is 24.4 Å². The molecule has 0 radical (unpaired) electrons. The summed E-state index contributed by atoms with van der Waals surface area (Å²) in [6.07, 6.45) is 5.58. The lowest BCUT2D eigenvalue weighted by Crippen LogP contribution is -2.34. The van der Waals surface area contributed by atoms with E-state index in [0.29, 0.717) is 11.7 Å². The fraction of sp³-hybridized carbons (Fsp3) is 0.571. The maximum absolute atomic E-state index is 11.7. The lowest BCUT2D eigenvalue weighted by molar-refractivity contribution is 0.249. The van der Waals surface area contributed by atoms with Crippen LogP contribution in [-0.2, 0) is 0 Å². The smallest absolute Gasteiger partial charge is 0.320 e. The van der Waals surface area contributed by atoms with Gasteiger partial charge >= 0.3 is 6.03 Å². The number of likely N-dealkylation sites (tertiary alicyclic amines) is 1. The Hall–Kier alpha value is -1.62. The SMILES string of the molecule is O=C(NC[C@@H]1CCN(C2CC2)C1)Nc1ccccn1. The molecule has 1 aromatic rings. The van der Waals surface area contributed by atoms with Crippen LogP contribution < -0.4 is 10.6 Å². The zero-order chi connectivity index (χ0) is 13.1. The fourth-order valence-electron chi connectivity index (χ4n) is 2.63. The van der Waals surface area contributed by atoms with Crippen LogP contribution in [-0.4, -0.2) is 41.6 Å². The van der Waals surface area contributed by atoms with E-state index in [1.54, 1.807) is 12.3 Å². The van der Waals surface area contributed by atoms with Gasteiger partial charge in [0.2, 0.25) is 0 Å². The Morgan fingerprint density at radius 2 is 2.26 bits per heavy atom. The van der Waals surface area contributed by atoms with Gasteiger partial charge in [-0.25, -0.2) is 9.78 Å². The molecule has 5 heteroatoms. The molecule has 1 aromatic heterocycles. The van der Waals surface area contributed by atoms with E-state index in [9.17, 15) is 4.79 Å². The van der Waals surface area contributed by atoms with Crippen molar-refractivity contribution in [2.75, 3.05) is 25.0 Å². The molecule has 0 unspecified atom stereocenters. The summed E-state index contributed by atoms with van der Waals surface area (Å²) in [6.45, 7) is 3.08. The van der Waals surface area contributed by atoms with Gasteiger partial charge in [0.1, 0.15) is 5.82 Å². The van der Waals surface area contributed by atoms with Crippen LogP contribution >= 0.6 is 0 Å². The number of carbonyl (C=O) groups is 1. The van der Waals surface area contributed by atoms with Gasteiger partial charge in [-0.2, -0.15) is 0 Å². The number of nitrogens with one attached hydrogen (secondary N) is 2. The Kier molecular flexibility index (Phi) is 3.64. The minimum absolute atomic E-state index is 0.163. The number of carbonyl (C=O) groups excluding carboxylic acids is 1. The molecule has 1 atom stereocenters. The van der Waals surface area contributed by atoms with Crippen LogP contribution in [0.5, 0.6) is 0 Å². The second kappa shape index (κ2) is 5.57. The summed E-state index contributed by atoms with van der Waals surface area (Å²) < 4.78 is 0. The van der Waals surface area contributed by atoms with Gasteiger partial charge in [0, 0.05) is 25.3 Å². The standard InChI is InChI=1S/C14H20N4O/c19-14(17-13-3-1-2-7-15-13)16-9-11-6-8-18(10-11)12-4-5-12/h1-3,7,11-12H,4-6,8-10H2,(H2,15,16,17,19)/t11-/m0/s1. The first-order valence-corrected chi connectivity index (χ1v) is 7.01. The van der Waals surface area contributed by atoms with Gasteiger partial charge in [-0.15, -0.1) is 0 Å². The highest BCUT2D eigenvalue weighted by Gasteiger charge is 2.34. The van der Waals surface area contributed by atoms with Crippen molar-refractivity contribution in [1.29, 1.82) is 0 Å². The monoisotopic (exact) mass is 260 g/mol. The molecular weight excluding hydrogens is 240 g/mol. The molecule has 1 saturated carbocycles. The summed E-state index contributed by atoms with van der Waals surface area (Å²) in [5, 5.41) is 5.67. The van der Waals surface area contributed by atoms with E-state index < -0.39 is 0 Å². The highest BCUT2D eigenvalue weighted by Crippen LogP contribution is 2.31. The summed E-state index contributed by atoms with van der Waals surface area (Å²) >= 11 is 0. The molecule has 2 heterocycles. The first-order valence-electron chi connectivity index (χ1n) is 7.01. The van der Waals surface area contributed by atoms with E-state index in [2.05, 4.69) is 20.5 Å². The number of hydrogen-bond donors (Lipinski definition) is 2. The topological polar surface area (TPSA) is 57.3 Å². The molecule has 2 N–H and O–H groups in total. The summed E-state index contributed by atoms with van der Waals surface area (Å²) in [7, 11) is 0. The van der Waals surface area contributed by atoms with E-state index >= 15 is 0 Å². The number of nitrogens with zero attached hydrogens (tertiary/aromatic N) is 2. The van der Waals surface area contributed by atoms with Gasteiger partial charge in [0.05, 0.1) is 0 Å². The molecule has 19 heavy (non-hydrogen) atoms. The fourth-order valence-corrected chi connectivity index (χ4v) is 2.63. The van der Waals surface area contributed by atoms with Gasteiger partial charge in [0.25, 0.3) is 0 Å². The maximum atomic E-state index is 11.7. The van der Waals surface area contributed by atoms with Gasteiger partial charge in [-0.1, -0.05) is 6.07 Å².